The molecule has 0 saturated carbocycles. The van der Waals surface area contributed by atoms with Crippen molar-refractivity contribution in [2.24, 2.45) is 5.92 Å². The molecule has 1 amide bonds. The van der Waals surface area contributed by atoms with E-state index in [1.807, 2.05) is 6.92 Å². The number of halogens is 1. The molecule has 1 fully saturated rings. The maximum absolute atomic E-state index is 13.2. The fourth-order valence-corrected chi connectivity index (χ4v) is 2.48. The van der Waals surface area contributed by atoms with E-state index in [1.54, 1.807) is 6.07 Å². The minimum Gasteiger partial charge on any atom is -0.492 e. The van der Waals surface area contributed by atoms with Gasteiger partial charge in [0, 0.05) is 18.0 Å². The summed E-state index contributed by atoms with van der Waals surface area (Å²) in [6.45, 7) is 5.17. The first-order chi connectivity index (χ1) is 9.60. The van der Waals surface area contributed by atoms with E-state index < -0.39 is 0 Å². The minimum absolute atomic E-state index is 0.00854. The molecule has 0 aromatic heterocycles. The summed E-state index contributed by atoms with van der Waals surface area (Å²) in [5.74, 6) is -0.0264. The van der Waals surface area contributed by atoms with E-state index in [0.717, 1.165) is 19.4 Å². The van der Waals surface area contributed by atoms with Crippen LogP contribution >= 0.6 is 0 Å². The highest BCUT2D eigenvalue weighted by molar-refractivity contribution is 5.94. The number of rotatable bonds is 4. The summed E-state index contributed by atoms with van der Waals surface area (Å²) in [5, 5.41) is 6.17. The zero-order chi connectivity index (χ0) is 14.5. The molecular formula is C15H21FN2O2. The Hall–Kier alpha value is -1.62. The van der Waals surface area contributed by atoms with Gasteiger partial charge in [0.05, 0.1) is 12.3 Å². The van der Waals surface area contributed by atoms with Crippen molar-refractivity contribution in [2.75, 3.05) is 18.5 Å². The summed E-state index contributed by atoms with van der Waals surface area (Å²) < 4.78 is 18.6. The Labute approximate surface area is 118 Å². The zero-order valence-corrected chi connectivity index (χ0v) is 11.9. The van der Waals surface area contributed by atoms with Crippen molar-refractivity contribution in [3.8, 4) is 5.75 Å². The van der Waals surface area contributed by atoms with Crippen molar-refractivity contribution >= 4 is 11.6 Å². The minimum atomic E-state index is -0.373. The van der Waals surface area contributed by atoms with Gasteiger partial charge in [0.2, 0.25) is 5.91 Å². The van der Waals surface area contributed by atoms with Gasteiger partial charge in [-0.3, -0.25) is 4.79 Å². The second-order valence-electron chi connectivity index (χ2n) is 5.14. The van der Waals surface area contributed by atoms with Crippen molar-refractivity contribution in [3.63, 3.8) is 0 Å². The molecule has 1 heterocycles. The lowest BCUT2D eigenvalue weighted by Crippen LogP contribution is -2.40. The van der Waals surface area contributed by atoms with Gasteiger partial charge in [-0.05, 0) is 45.4 Å². The van der Waals surface area contributed by atoms with Crippen LogP contribution in [0.15, 0.2) is 18.2 Å². The van der Waals surface area contributed by atoms with Gasteiger partial charge in [-0.2, -0.15) is 0 Å². The Kier molecular flexibility index (Phi) is 4.95. The fraction of sp³-hybridized carbons (Fsp3) is 0.533. The third kappa shape index (κ3) is 3.70. The largest absolute Gasteiger partial charge is 0.492 e. The number of carbonyl (C=O) groups is 1. The van der Waals surface area contributed by atoms with Gasteiger partial charge in [-0.25, -0.2) is 4.39 Å². The quantitative estimate of drug-likeness (QED) is 0.891. The van der Waals surface area contributed by atoms with E-state index in [2.05, 4.69) is 17.6 Å². The molecule has 1 aromatic rings. The van der Waals surface area contributed by atoms with E-state index in [4.69, 9.17) is 4.74 Å². The van der Waals surface area contributed by atoms with Gasteiger partial charge in [0.25, 0.3) is 0 Å². The third-order valence-electron chi connectivity index (χ3n) is 3.50. The first kappa shape index (κ1) is 14.8. The van der Waals surface area contributed by atoms with E-state index in [9.17, 15) is 9.18 Å². The smallest absolute Gasteiger partial charge is 0.227 e. The third-order valence-corrected chi connectivity index (χ3v) is 3.50. The summed E-state index contributed by atoms with van der Waals surface area (Å²) in [7, 11) is 0. The highest BCUT2D eigenvalue weighted by Crippen LogP contribution is 2.27. The van der Waals surface area contributed by atoms with E-state index in [-0.39, 0.29) is 17.6 Å². The maximum Gasteiger partial charge on any atom is 0.227 e. The number of nitrogens with one attached hydrogen (secondary N) is 2. The van der Waals surface area contributed by atoms with Crippen LogP contribution in [0.4, 0.5) is 10.1 Å². The number of hydrogen-bond donors (Lipinski definition) is 2. The SMILES string of the molecule is CCOc1cc(F)ccc1NC(=O)[C@H]1CCN[C@@H](C)C1. The lowest BCUT2D eigenvalue weighted by atomic mass is 9.92. The molecule has 20 heavy (non-hydrogen) atoms. The molecule has 2 atom stereocenters. The topological polar surface area (TPSA) is 50.4 Å². The molecule has 1 aliphatic heterocycles. The maximum atomic E-state index is 13.2. The molecule has 0 unspecified atom stereocenters. The van der Waals surface area contributed by atoms with Crippen LogP contribution in [0.3, 0.4) is 0 Å². The molecule has 2 N–H and O–H groups in total. The summed E-state index contributed by atoms with van der Waals surface area (Å²) in [5.41, 5.74) is 0.532. The molecule has 110 valence electrons. The van der Waals surface area contributed by atoms with Crippen molar-refractivity contribution in [2.45, 2.75) is 32.7 Å². The molecular weight excluding hydrogens is 259 g/mol. The average molecular weight is 280 g/mol. The molecule has 0 radical (unpaired) electrons. The predicted octanol–water partition coefficient (Wildman–Crippen LogP) is 2.55. The summed E-state index contributed by atoms with van der Waals surface area (Å²) in [6, 6.07) is 4.51. The normalized spacial score (nSPS) is 22.4. The Balaban J connectivity index is 2.06. The van der Waals surface area contributed by atoms with Crippen molar-refractivity contribution < 1.29 is 13.9 Å². The molecule has 2 rings (SSSR count). The van der Waals surface area contributed by atoms with Crippen LogP contribution in [0.5, 0.6) is 5.75 Å². The molecule has 0 bridgehead atoms. The first-order valence-corrected chi connectivity index (χ1v) is 7.06. The fourth-order valence-electron chi connectivity index (χ4n) is 2.48. The van der Waals surface area contributed by atoms with Crippen LogP contribution in [0.2, 0.25) is 0 Å². The van der Waals surface area contributed by atoms with Crippen molar-refractivity contribution in [1.29, 1.82) is 0 Å². The number of piperidine rings is 1. The lowest BCUT2D eigenvalue weighted by molar-refractivity contribution is -0.120. The number of carbonyl (C=O) groups excluding carboxylic acids is 1. The molecule has 0 spiro atoms. The van der Waals surface area contributed by atoms with Gasteiger partial charge in [0.1, 0.15) is 11.6 Å². The van der Waals surface area contributed by atoms with Crippen molar-refractivity contribution in [3.05, 3.63) is 24.0 Å². The second kappa shape index (κ2) is 6.70. The molecule has 4 nitrogen and oxygen atoms in total. The number of ether oxygens (including phenoxy) is 1. The van der Waals surface area contributed by atoms with Gasteiger partial charge >= 0.3 is 0 Å². The predicted molar refractivity (Wildman–Crippen MR) is 76.4 cm³/mol. The molecule has 5 heteroatoms. The number of benzene rings is 1. The summed E-state index contributed by atoms with van der Waals surface area (Å²) in [6.07, 6.45) is 1.64. The van der Waals surface area contributed by atoms with Gasteiger partial charge < -0.3 is 15.4 Å². The Bertz CT molecular complexity index is 479. The van der Waals surface area contributed by atoms with Crippen LogP contribution < -0.4 is 15.4 Å². The zero-order valence-electron chi connectivity index (χ0n) is 11.9. The number of hydrogen-bond acceptors (Lipinski definition) is 3. The van der Waals surface area contributed by atoms with Crippen LogP contribution in [-0.4, -0.2) is 25.1 Å². The number of anilines is 1. The molecule has 1 saturated heterocycles. The first-order valence-electron chi connectivity index (χ1n) is 7.06. The Morgan fingerprint density at radius 1 is 1.55 bits per heavy atom. The monoisotopic (exact) mass is 280 g/mol. The van der Waals surface area contributed by atoms with Crippen LogP contribution in [0.25, 0.3) is 0 Å². The molecule has 1 aromatic carbocycles. The summed E-state index contributed by atoms with van der Waals surface area (Å²) >= 11 is 0. The molecule has 0 aliphatic carbocycles. The second-order valence-corrected chi connectivity index (χ2v) is 5.14. The van der Waals surface area contributed by atoms with Gasteiger partial charge in [0.15, 0.2) is 0 Å². The summed E-state index contributed by atoms with van der Waals surface area (Å²) in [4.78, 5) is 12.3. The Morgan fingerprint density at radius 3 is 3.05 bits per heavy atom. The van der Waals surface area contributed by atoms with Crippen LogP contribution in [-0.2, 0) is 4.79 Å². The van der Waals surface area contributed by atoms with Crippen LogP contribution in [0.1, 0.15) is 26.7 Å². The standard InChI is InChI=1S/C15H21FN2O2/c1-3-20-14-9-12(16)4-5-13(14)18-15(19)11-6-7-17-10(2)8-11/h4-5,9-11,17H,3,6-8H2,1-2H3,(H,18,19)/t10-,11-/m0/s1. The number of amides is 1. The van der Waals surface area contributed by atoms with E-state index in [1.165, 1.54) is 12.1 Å². The lowest BCUT2D eigenvalue weighted by Gasteiger charge is -2.27. The van der Waals surface area contributed by atoms with E-state index in [0.29, 0.717) is 24.1 Å². The average Bonchev–Trinajstić information content (AvgIpc) is 2.42. The molecule has 1 aliphatic rings. The van der Waals surface area contributed by atoms with Gasteiger partial charge in [-0.1, -0.05) is 0 Å². The van der Waals surface area contributed by atoms with Crippen LogP contribution in [0, 0.1) is 11.7 Å². The van der Waals surface area contributed by atoms with E-state index >= 15 is 0 Å². The highest BCUT2D eigenvalue weighted by atomic mass is 19.1. The van der Waals surface area contributed by atoms with Crippen molar-refractivity contribution in [1.82, 2.24) is 5.32 Å². The Morgan fingerprint density at radius 2 is 2.35 bits per heavy atom. The highest BCUT2D eigenvalue weighted by Gasteiger charge is 2.25. The van der Waals surface area contributed by atoms with Gasteiger partial charge in [-0.15, -0.1) is 0 Å².